The summed E-state index contributed by atoms with van der Waals surface area (Å²) in [5.74, 6) is 2.20. The van der Waals surface area contributed by atoms with Gasteiger partial charge in [0.05, 0.1) is 25.8 Å². The summed E-state index contributed by atoms with van der Waals surface area (Å²) in [5.41, 5.74) is 2.37. The highest BCUT2D eigenvalue weighted by Gasteiger charge is 2.18. The van der Waals surface area contributed by atoms with Gasteiger partial charge in [0.2, 0.25) is 0 Å². The first-order valence-electron chi connectivity index (χ1n) is 9.90. The predicted octanol–water partition coefficient (Wildman–Crippen LogP) is 5.14. The number of aryl methyl sites for hydroxylation is 1. The number of nitrogens with zero attached hydrogens (tertiary/aromatic N) is 1. The Kier molecular flexibility index (Phi) is 7.26. The molecule has 160 valence electrons. The highest BCUT2D eigenvalue weighted by molar-refractivity contribution is 7.99. The summed E-state index contributed by atoms with van der Waals surface area (Å²) < 4.78 is 16.3. The molecule has 7 heteroatoms. The molecule has 0 atom stereocenters. The lowest BCUT2D eigenvalue weighted by Crippen LogP contribution is -2.28. The number of amides is 1. The van der Waals surface area contributed by atoms with Gasteiger partial charge in [-0.05, 0) is 54.3 Å². The van der Waals surface area contributed by atoms with E-state index in [1.165, 1.54) is 22.5 Å². The van der Waals surface area contributed by atoms with Crippen molar-refractivity contribution in [2.45, 2.75) is 31.7 Å². The fourth-order valence-corrected chi connectivity index (χ4v) is 4.12. The molecule has 1 amide bonds. The molecule has 1 aliphatic rings. The number of ether oxygens (including phenoxy) is 3. The van der Waals surface area contributed by atoms with Crippen molar-refractivity contribution in [3.8, 4) is 11.5 Å². The quantitative estimate of drug-likeness (QED) is 0.568. The van der Waals surface area contributed by atoms with E-state index in [1.807, 2.05) is 37.7 Å². The van der Waals surface area contributed by atoms with Crippen LogP contribution in [0.25, 0.3) is 0 Å². The lowest BCUT2D eigenvalue weighted by molar-refractivity contribution is 0.0600. The van der Waals surface area contributed by atoms with E-state index in [0.717, 1.165) is 17.9 Å². The standard InChI is InChI=1S/C23H27NO5S/c1-15(2)14-28-23(26)24(3)13-18-11-17(22(25)27-4)5-7-20(18)29-19-6-8-21-16(12-19)9-10-30-21/h5-8,11-12,15H,9-10,13-14H2,1-4H3. The Balaban J connectivity index is 1.83. The van der Waals surface area contributed by atoms with Gasteiger partial charge in [-0.3, -0.25) is 0 Å². The monoisotopic (exact) mass is 429 g/mol. The van der Waals surface area contributed by atoms with E-state index in [1.54, 1.807) is 25.2 Å². The van der Waals surface area contributed by atoms with E-state index in [9.17, 15) is 9.59 Å². The van der Waals surface area contributed by atoms with Gasteiger partial charge in [0.15, 0.2) is 0 Å². The second-order valence-corrected chi connectivity index (χ2v) is 8.75. The van der Waals surface area contributed by atoms with Crippen LogP contribution in [0.1, 0.15) is 35.3 Å². The van der Waals surface area contributed by atoms with Crippen LogP contribution in [-0.2, 0) is 22.4 Å². The van der Waals surface area contributed by atoms with Gasteiger partial charge in [0, 0.05) is 23.3 Å². The summed E-state index contributed by atoms with van der Waals surface area (Å²) in [7, 11) is 2.99. The zero-order valence-electron chi connectivity index (χ0n) is 17.8. The third-order valence-corrected chi connectivity index (χ3v) is 5.75. The second-order valence-electron chi connectivity index (χ2n) is 7.61. The minimum atomic E-state index is -0.442. The molecule has 2 aromatic rings. The Morgan fingerprint density at radius 1 is 1.17 bits per heavy atom. The molecule has 0 fully saturated rings. The average Bonchev–Trinajstić information content (AvgIpc) is 3.20. The first-order chi connectivity index (χ1) is 14.4. The van der Waals surface area contributed by atoms with E-state index in [4.69, 9.17) is 14.2 Å². The largest absolute Gasteiger partial charge is 0.465 e. The van der Waals surface area contributed by atoms with Crippen molar-refractivity contribution in [2.75, 3.05) is 26.5 Å². The summed E-state index contributed by atoms with van der Waals surface area (Å²) in [6.07, 6.45) is 0.600. The van der Waals surface area contributed by atoms with E-state index in [2.05, 4.69) is 6.07 Å². The van der Waals surface area contributed by atoms with Crippen LogP contribution in [0, 0.1) is 5.92 Å². The van der Waals surface area contributed by atoms with Crippen LogP contribution < -0.4 is 4.74 Å². The lowest BCUT2D eigenvalue weighted by atomic mass is 10.1. The molecule has 0 aliphatic carbocycles. The van der Waals surface area contributed by atoms with Crippen molar-refractivity contribution in [2.24, 2.45) is 5.92 Å². The van der Waals surface area contributed by atoms with Gasteiger partial charge in [-0.15, -0.1) is 11.8 Å². The Bertz CT molecular complexity index is 928. The number of carbonyl (C=O) groups excluding carboxylic acids is 2. The number of methoxy groups -OCH3 is 1. The molecule has 0 saturated heterocycles. The van der Waals surface area contributed by atoms with Crippen LogP contribution in [0.4, 0.5) is 4.79 Å². The van der Waals surface area contributed by atoms with Crippen molar-refractivity contribution in [3.05, 3.63) is 53.1 Å². The molecule has 0 bridgehead atoms. The van der Waals surface area contributed by atoms with Crippen molar-refractivity contribution in [3.63, 3.8) is 0 Å². The van der Waals surface area contributed by atoms with Crippen molar-refractivity contribution < 1.29 is 23.8 Å². The van der Waals surface area contributed by atoms with Gasteiger partial charge in [0.1, 0.15) is 11.5 Å². The van der Waals surface area contributed by atoms with Gasteiger partial charge in [-0.1, -0.05) is 13.8 Å². The Morgan fingerprint density at radius 3 is 2.70 bits per heavy atom. The molecule has 6 nitrogen and oxygen atoms in total. The van der Waals surface area contributed by atoms with Crippen LogP contribution in [0.2, 0.25) is 0 Å². The number of carbonyl (C=O) groups is 2. The number of thioether (sulfide) groups is 1. The maximum absolute atomic E-state index is 12.3. The molecule has 3 rings (SSSR count). The van der Waals surface area contributed by atoms with Crippen molar-refractivity contribution in [1.29, 1.82) is 0 Å². The summed E-state index contributed by atoms with van der Waals surface area (Å²) >= 11 is 1.85. The van der Waals surface area contributed by atoms with E-state index >= 15 is 0 Å². The molecule has 1 heterocycles. The Morgan fingerprint density at radius 2 is 1.97 bits per heavy atom. The van der Waals surface area contributed by atoms with Crippen LogP contribution >= 0.6 is 11.8 Å². The first kappa shape index (κ1) is 22.0. The van der Waals surface area contributed by atoms with E-state index in [-0.39, 0.29) is 12.5 Å². The fourth-order valence-electron chi connectivity index (χ4n) is 3.07. The highest BCUT2D eigenvalue weighted by Crippen LogP contribution is 2.35. The molecular formula is C23H27NO5S. The molecule has 30 heavy (non-hydrogen) atoms. The summed E-state index contributed by atoms with van der Waals surface area (Å²) in [6.45, 7) is 4.54. The van der Waals surface area contributed by atoms with Gasteiger partial charge >= 0.3 is 12.1 Å². The molecule has 0 saturated carbocycles. The van der Waals surface area contributed by atoms with E-state index < -0.39 is 12.1 Å². The van der Waals surface area contributed by atoms with E-state index in [0.29, 0.717) is 23.5 Å². The minimum Gasteiger partial charge on any atom is -0.465 e. The predicted molar refractivity (Wildman–Crippen MR) is 116 cm³/mol. The molecule has 0 spiro atoms. The van der Waals surface area contributed by atoms with Crippen molar-refractivity contribution in [1.82, 2.24) is 4.90 Å². The third kappa shape index (κ3) is 5.48. The summed E-state index contributed by atoms with van der Waals surface area (Å²) in [6, 6.07) is 11.1. The van der Waals surface area contributed by atoms with Crippen molar-refractivity contribution >= 4 is 23.8 Å². The maximum atomic E-state index is 12.3. The number of esters is 1. The summed E-state index contributed by atoms with van der Waals surface area (Å²) in [5, 5.41) is 0. The highest BCUT2D eigenvalue weighted by atomic mass is 32.2. The van der Waals surface area contributed by atoms with Gasteiger partial charge in [-0.25, -0.2) is 9.59 Å². The Hall–Kier alpha value is -2.67. The topological polar surface area (TPSA) is 65.1 Å². The van der Waals surface area contributed by atoms with Crippen LogP contribution in [-0.4, -0.2) is 43.5 Å². The van der Waals surface area contributed by atoms with Gasteiger partial charge in [0.25, 0.3) is 0 Å². The third-order valence-electron chi connectivity index (χ3n) is 4.63. The zero-order valence-corrected chi connectivity index (χ0v) is 18.6. The summed E-state index contributed by atoms with van der Waals surface area (Å²) in [4.78, 5) is 27.0. The SMILES string of the molecule is COC(=O)c1ccc(Oc2ccc3c(c2)CCS3)c(CN(C)C(=O)OCC(C)C)c1. The average molecular weight is 430 g/mol. The number of rotatable bonds is 7. The maximum Gasteiger partial charge on any atom is 0.409 e. The lowest BCUT2D eigenvalue weighted by Gasteiger charge is -2.20. The van der Waals surface area contributed by atoms with Crippen LogP contribution in [0.3, 0.4) is 0 Å². The van der Waals surface area contributed by atoms with Crippen LogP contribution in [0.15, 0.2) is 41.3 Å². The smallest absolute Gasteiger partial charge is 0.409 e. The second kappa shape index (κ2) is 9.89. The van der Waals surface area contributed by atoms with Gasteiger partial charge in [-0.2, -0.15) is 0 Å². The normalized spacial score (nSPS) is 12.4. The minimum absolute atomic E-state index is 0.234. The number of hydrogen-bond acceptors (Lipinski definition) is 6. The molecule has 0 unspecified atom stereocenters. The first-order valence-corrected chi connectivity index (χ1v) is 10.9. The van der Waals surface area contributed by atoms with Crippen LogP contribution in [0.5, 0.6) is 11.5 Å². The molecule has 2 aromatic carbocycles. The number of fused-ring (bicyclic) bond motifs is 1. The fraction of sp³-hybridized carbons (Fsp3) is 0.391. The van der Waals surface area contributed by atoms with Gasteiger partial charge < -0.3 is 19.1 Å². The molecule has 0 aromatic heterocycles. The molecule has 0 radical (unpaired) electrons. The molecular weight excluding hydrogens is 402 g/mol. The number of hydrogen-bond donors (Lipinski definition) is 0. The zero-order chi connectivity index (χ0) is 21.7. The number of benzene rings is 2. The molecule has 1 aliphatic heterocycles. The Labute approximate surface area is 181 Å². The molecule has 0 N–H and O–H groups in total.